The zero-order chi connectivity index (χ0) is 21.9. The van der Waals surface area contributed by atoms with E-state index in [0.717, 1.165) is 35.1 Å². The number of benzene rings is 2. The lowest BCUT2D eigenvalue weighted by molar-refractivity contribution is 0.409. The molecule has 0 saturated carbocycles. The highest BCUT2D eigenvalue weighted by molar-refractivity contribution is 5.79. The Morgan fingerprint density at radius 1 is 0.903 bits per heavy atom. The molecule has 0 radical (unpaired) electrons. The summed E-state index contributed by atoms with van der Waals surface area (Å²) in [7, 11) is 3.31. The summed E-state index contributed by atoms with van der Waals surface area (Å²) in [6.07, 6.45) is 1.77. The summed E-state index contributed by atoms with van der Waals surface area (Å²) in [4.78, 5) is 9.02. The second kappa shape index (κ2) is 11.4. The number of para-hydroxylation sites is 1. The zero-order valence-corrected chi connectivity index (χ0v) is 18.1. The van der Waals surface area contributed by atoms with Gasteiger partial charge in [0, 0.05) is 30.9 Å². The second-order valence-electron chi connectivity index (χ2n) is 6.64. The highest BCUT2D eigenvalue weighted by Gasteiger charge is 2.04. The van der Waals surface area contributed by atoms with Gasteiger partial charge in [-0.15, -0.1) is 0 Å². The van der Waals surface area contributed by atoms with E-state index in [4.69, 9.17) is 14.2 Å². The predicted molar refractivity (Wildman–Crippen MR) is 122 cm³/mol. The largest absolute Gasteiger partial charge is 0.497 e. The SMILES string of the molecule is CCNC(=NCc1ccc(Oc2ccc(OC)cc2)nc1)NCc1ccccc1OC. The molecule has 1 heterocycles. The van der Waals surface area contributed by atoms with Crippen molar-refractivity contribution in [3.05, 3.63) is 78.0 Å². The van der Waals surface area contributed by atoms with Gasteiger partial charge in [0.1, 0.15) is 17.2 Å². The van der Waals surface area contributed by atoms with Gasteiger partial charge in [-0.2, -0.15) is 0 Å². The maximum absolute atomic E-state index is 5.77. The number of nitrogens with one attached hydrogen (secondary N) is 2. The van der Waals surface area contributed by atoms with Crippen LogP contribution in [0.25, 0.3) is 0 Å². The van der Waals surface area contributed by atoms with E-state index in [0.29, 0.717) is 24.7 Å². The standard InChI is InChI=1S/C24H28N4O3/c1-4-25-24(28-17-19-7-5-6-8-22(19)30-3)27-16-18-9-14-23(26-15-18)31-21-12-10-20(29-2)11-13-21/h5-15H,4,16-17H2,1-3H3,(H2,25,27,28). The van der Waals surface area contributed by atoms with Gasteiger partial charge < -0.3 is 24.8 Å². The molecular formula is C24H28N4O3. The van der Waals surface area contributed by atoms with E-state index in [9.17, 15) is 0 Å². The van der Waals surface area contributed by atoms with Crippen LogP contribution in [-0.2, 0) is 13.1 Å². The van der Waals surface area contributed by atoms with Crippen LogP contribution in [0, 0.1) is 0 Å². The molecule has 2 aromatic carbocycles. The van der Waals surface area contributed by atoms with Gasteiger partial charge in [-0.1, -0.05) is 24.3 Å². The van der Waals surface area contributed by atoms with Crippen LogP contribution >= 0.6 is 0 Å². The summed E-state index contributed by atoms with van der Waals surface area (Å²) in [6, 6.07) is 19.1. The Morgan fingerprint density at radius 2 is 1.68 bits per heavy atom. The molecule has 3 aromatic rings. The maximum atomic E-state index is 5.77. The lowest BCUT2D eigenvalue weighted by atomic mass is 10.2. The molecule has 0 bridgehead atoms. The molecule has 162 valence electrons. The van der Waals surface area contributed by atoms with Crippen LogP contribution in [0.3, 0.4) is 0 Å². The number of rotatable bonds is 9. The van der Waals surface area contributed by atoms with Gasteiger partial charge in [0.2, 0.25) is 5.88 Å². The first-order valence-corrected chi connectivity index (χ1v) is 10.1. The Bertz CT molecular complexity index is 973. The molecule has 0 spiro atoms. The topological polar surface area (TPSA) is 77.0 Å². The number of guanidine groups is 1. The minimum absolute atomic E-state index is 0.497. The number of hydrogen-bond donors (Lipinski definition) is 2. The van der Waals surface area contributed by atoms with Crippen molar-refractivity contribution >= 4 is 5.96 Å². The second-order valence-corrected chi connectivity index (χ2v) is 6.64. The molecule has 0 unspecified atom stereocenters. The van der Waals surface area contributed by atoms with Crippen LogP contribution in [0.1, 0.15) is 18.1 Å². The van der Waals surface area contributed by atoms with Crippen molar-refractivity contribution in [2.24, 2.45) is 4.99 Å². The first kappa shape index (κ1) is 22.0. The summed E-state index contributed by atoms with van der Waals surface area (Å²) < 4.78 is 16.3. The summed E-state index contributed by atoms with van der Waals surface area (Å²) >= 11 is 0. The predicted octanol–water partition coefficient (Wildman–Crippen LogP) is 4.15. The van der Waals surface area contributed by atoms with Gasteiger partial charge in [0.15, 0.2) is 5.96 Å². The van der Waals surface area contributed by atoms with E-state index in [1.165, 1.54) is 0 Å². The third-order valence-corrected chi connectivity index (χ3v) is 4.48. The highest BCUT2D eigenvalue weighted by atomic mass is 16.5. The van der Waals surface area contributed by atoms with E-state index < -0.39 is 0 Å². The third kappa shape index (κ3) is 6.64. The zero-order valence-electron chi connectivity index (χ0n) is 18.1. The fourth-order valence-electron chi connectivity index (χ4n) is 2.87. The van der Waals surface area contributed by atoms with Crippen molar-refractivity contribution in [1.82, 2.24) is 15.6 Å². The molecule has 7 nitrogen and oxygen atoms in total. The smallest absolute Gasteiger partial charge is 0.219 e. The van der Waals surface area contributed by atoms with Crippen molar-refractivity contribution in [3.8, 4) is 23.1 Å². The van der Waals surface area contributed by atoms with Crippen molar-refractivity contribution in [3.63, 3.8) is 0 Å². The van der Waals surface area contributed by atoms with Gasteiger partial charge in [0.05, 0.1) is 20.8 Å². The van der Waals surface area contributed by atoms with Crippen molar-refractivity contribution in [2.75, 3.05) is 20.8 Å². The minimum atomic E-state index is 0.497. The number of aromatic nitrogens is 1. The van der Waals surface area contributed by atoms with Crippen LogP contribution in [-0.4, -0.2) is 31.7 Å². The highest BCUT2D eigenvalue weighted by Crippen LogP contribution is 2.22. The average molecular weight is 421 g/mol. The van der Waals surface area contributed by atoms with Crippen LogP contribution in [0.2, 0.25) is 0 Å². The van der Waals surface area contributed by atoms with Crippen molar-refractivity contribution in [2.45, 2.75) is 20.0 Å². The summed E-state index contributed by atoms with van der Waals surface area (Å²) in [5.74, 6) is 3.59. The molecule has 0 aliphatic carbocycles. The number of nitrogens with zero attached hydrogens (tertiary/aromatic N) is 2. The number of aliphatic imine (C=N–C) groups is 1. The number of methoxy groups -OCH3 is 2. The van der Waals surface area contributed by atoms with E-state index in [2.05, 4.69) is 20.6 Å². The summed E-state index contributed by atoms with van der Waals surface area (Å²) in [6.45, 7) is 3.91. The average Bonchev–Trinajstić information content (AvgIpc) is 2.82. The van der Waals surface area contributed by atoms with Gasteiger partial charge in [0.25, 0.3) is 0 Å². The van der Waals surface area contributed by atoms with Crippen LogP contribution in [0.15, 0.2) is 71.9 Å². The van der Waals surface area contributed by atoms with Gasteiger partial charge >= 0.3 is 0 Å². The number of hydrogen-bond acceptors (Lipinski definition) is 5. The molecule has 0 saturated heterocycles. The molecule has 7 heteroatoms. The van der Waals surface area contributed by atoms with Crippen LogP contribution in [0.5, 0.6) is 23.1 Å². The van der Waals surface area contributed by atoms with Gasteiger partial charge in [-0.3, -0.25) is 0 Å². The lowest BCUT2D eigenvalue weighted by Gasteiger charge is -2.13. The Hall–Kier alpha value is -3.74. The Kier molecular flexibility index (Phi) is 8.11. The molecular weight excluding hydrogens is 392 g/mol. The Balaban J connectivity index is 1.58. The normalized spacial score (nSPS) is 11.0. The van der Waals surface area contributed by atoms with E-state index in [1.54, 1.807) is 20.4 Å². The number of ether oxygens (including phenoxy) is 3. The molecule has 0 amide bonds. The first-order chi connectivity index (χ1) is 15.2. The fourth-order valence-corrected chi connectivity index (χ4v) is 2.87. The fraction of sp³-hybridized carbons (Fsp3) is 0.250. The monoisotopic (exact) mass is 420 g/mol. The lowest BCUT2D eigenvalue weighted by Crippen LogP contribution is -2.36. The van der Waals surface area contributed by atoms with Gasteiger partial charge in [-0.05, 0) is 42.8 Å². The van der Waals surface area contributed by atoms with E-state index in [-0.39, 0.29) is 0 Å². The van der Waals surface area contributed by atoms with Crippen LogP contribution in [0.4, 0.5) is 0 Å². The molecule has 1 aromatic heterocycles. The first-order valence-electron chi connectivity index (χ1n) is 10.1. The maximum Gasteiger partial charge on any atom is 0.219 e. The Morgan fingerprint density at radius 3 is 2.35 bits per heavy atom. The quantitative estimate of drug-likeness (QED) is 0.400. The number of pyridine rings is 1. The minimum Gasteiger partial charge on any atom is -0.497 e. The van der Waals surface area contributed by atoms with E-state index >= 15 is 0 Å². The van der Waals surface area contributed by atoms with E-state index in [1.807, 2.05) is 67.6 Å². The molecule has 31 heavy (non-hydrogen) atoms. The molecule has 0 atom stereocenters. The third-order valence-electron chi connectivity index (χ3n) is 4.48. The Labute approximate surface area is 183 Å². The van der Waals surface area contributed by atoms with Crippen LogP contribution < -0.4 is 24.8 Å². The molecule has 2 N–H and O–H groups in total. The molecule has 3 rings (SSSR count). The van der Waals surface area contributed by atoms with Gasteiger partial charge in [-0.25, -0.2) is 9.98 Å². The van der Waals surface area contributed by atoms with Crippen molar-refractivity contribution < 1.29 is 14.2 Å². The summed E-state index contributed by atoms with van der Waals surface area (Å²) in [5, 5.41) is 6.60. The molecule has 0 aliphatic heterocycles. The molecule has 0 fully saturated rings. The molecule has 0 aliphatic rings. The van der Waals surface area contributed by atoms with Crippen molar-refractivity contribution in [1.29, 1.82) is 0 Å². The summed E-state index contributed by atoms with van der Waals surface area (Å²) in [5.41, 5.74) is 2.05.